The van der Waals surface area contributed by atoms with Crippen LogP contribution in [0.5, 0.6) is 0 Å². The van der Waals surface area contributed by atoms with E-state index in [0.29, 0.717) is 5.54 Å². The average molecular weight is 228 g/mol. The molecule has 0 aliphatic carbocycles. The summed E-state index contributed by atoms with van der Waals surface area (Å²) >= 11 is 0. The smallest absolute Gasteiger partial charge is 0.0593 e. The van der Waals surface area contributed by atoms with Gasteiger partial charge in [0.15, 0.2) is 0 Å². The molecule has 96 valence electrons. The molecule has 0 bridgehead atoms. The molecule has 0 N–H and O–H groups in total. The molecule has 16 heavy (non-hydrogen) atoms. The molecule has 3 heteroatoms. The van der Waals surface area contributed by atoms with Gasteiger partial charge in [-0.05, 0) is 27.2 Å². The molecule has 0 radical (unpaired) electrons. The van der Waals surface area contributed by atoms with E-state index in [9.17, 15) is 0 Å². The summed E-state index contributed by atoms with van der Waals surface area (Å²) in [5.41, 5.74) is 0.367. The summed E-state index contributed by atoms with van der Waals surface area (Å²) in [7, 11) is 0. The quantitative estimate of drug-likeness (QED) is 0.645. The number of rotatable bonds is 6. The number of nitrogens with zero attached hydrogens (tertiary/aromatic N) is 2. The van der Waals surface area contributed by atoms with E-state index in [2.05, 4.69) is 37.5 Å². The molecule has 3 nitrogen and oxygen atoms in total. The van der Waals surface area contributed by atoms with Gasteiger partial charge < -0.3 is 4.74 Å². The summed E-state index contributed by atoms with van der Waals surface area (Å²) in [5.74, 6) is 0. The number of hydrogen-bond donors (Lipinski definition) is 0. The number of ether oxygens (including phenoxy) is 1. The lowest BCUT2D eigenvalue weighted by Gasteiger charge is -2.43. The van der Waals surface area contributed by atoms with Gasteiger partial charge in [-0.25, -0.2) is 0 Å². The fourth-order valence-corrected chi connectivity index (χ4v) is 2.14. The molecule has 0 unspecified atom stereocenters. The molecule has 0 atom stereocenters. The Kier molecular flexibility index (Phi) is 5.73. The van der Waals surface area contributed by atoms with Crippen LogP contribution in [0, 0.1) is 0 Å². The van der Waals surface area contributed by atoms with E-state index in [0.717, 1.165) is 19.8 Å². The van der Waals surface area contributed by atoms with E-state index in [-0.39, 0.29) is 0 Å². The zero-order valence-corrected chi connectivity index (χ0v) is 11.5. The van der Waals surface area contributed by atoms with Gasteiger partial charge in [0, 0.05) is 44.9 Å². The first-order valence-corrected chi connectivity index (χ1v) is 6.65. The van der Waals surface area contributed by atoms with Crippen LogP contribution in [0.1, 0.15) is 34.1 Å². The molecule has 0 spiro atoms. The van der Waals surface area contributed by atoms with Gasteiger partial charge in [-0.1, -0.05) is 6.92 Å². The molecular weight excluding hydrogens is 200 g/mol. The van der Waals surface area contributed by atoms with Crippen molar-refractivity contribution >= 4 is 0 Å². The monoisotopic (exact) mass is 228 g/mol. The van der Waals surface area contributed by atoms with Crippen molar-refractivity contribution in [3.8, 4) is 0 Å². The lowest BCUT2D eigenvalue weighted by atomic mass is 9.98. The van der Waals surface area contributed by atoms with Gasteiger partial charge in [0.05, 0.1) is 6.61 Å². The molecule has 1 heterocycles. The molecule has 0 amide bonds. The van der Waals surface area contributed by atoms with Crippen LogP contribution in [0.3, 0.4) is 0 Å². The molecule has 1 aliphatic rings. The highest BCUT2D eigenvalue weighted by atomic mass is 16.5. The summed E-state index contributed by atoms with van der Waals surface area (Å²) in [6.45, 7) is 16.6. The molecule has 0 saturated carbocycles. The van der Waals surface area contributed by atoms with Crippen LogP contribution >= 0.6 is 0 Å². The van der Waals surface area contributed by atoms with Gasteiger partial charge in [-0.2, -0.15) is 0 Å². The third-order valence-electron chi connectivity index (χ3n) is 3.85. The second-order valence-corrected chi connectivity index (χ2v) is 5.19. The topological polar surface area (TPSA) is 15.7 Å². The SMILES string of the molecule is CCOCCN1CCN(C(C)(C)CC)CC1. The maximum Gasteiger partial charge on any atom is 0.0593 e. The summed E-state index contributed by atoms with van der Waals surface area (Å²) in [6.07, 6.45) is 1.23. The Morgan fingerprint density at radius 3 is 2.19 bits per heavy atom. The third-order valence-corrected chi connectivity index (χ3v) is 3.85. The Morgan fingerprint density at radius 1 is 1.06 bits per heavy atom. The Bertz CT molecular complexity index is 186. The molecule has 1 rings (SSSR count). The third kappa shape index (κ3) is 4.04. The first-order chi connectivity index (χ1) is 7.60. The van der Waals surface area contributed by atoms with Crippen LogP contribution in [-0.2, 0) is 4.74 Å². The summed E-state index contributed by atoms with van der Waals surface area (Å²) in [6, 6.07) is 0. The van der Waals surface area contributed by atoms with Crippen molar-refractivity contribution in [2.75, 3.05) is 45.9 Å². The minimum absolute atomic E-state index is 0.367. The van der Waals surface area contributed by atoms with E-state index in [1.165, 1.54) is 32.6 Å². The first-order valence-electron chi connectivity index (χ1n) is 6.65. The summed E-state index contributed by atoms with van der Waals surface area (Å²) in [5, 5.41) is 0. The van der Waals surface area contributed by atoms with Crippen molar-refractivity contribution in [1.29, 1.82) is 0 Å². The van der Waals surface area contributed by atoms with Crippen molar-refractivity contribution in [2.24, 2.45) is 0 Å². The Morgan fingerprint density at radius 2 is 1.69 bits per heavy atom. The minimum Gasteiger partial charge on any atom is -0.380 e. The zero-order chi connectivity index (χ0) is 12.0. The van der Waals surface area contributed by atoms with E-state index in [4.69, 9.17) is 4.74 Å². The molecule has 1 fully saturated rings. The molecule has 0 aromatic heterocycles. The molecule has 0 aromatic carbocycles. The Balaban J connectivity index is 2.23. The second kappa shape index (κ2) is 6.58. The highest BCUT2D eigenvalue weighted by molar-refractivity contribution is 4.84. The zero-order valence-electron chi connectivity index (χ0n) is 11.5. The molecule has 1 saturated heterocycles. The fourth-order valence-electron chi connectivity index (χ4n) is 2.14. The van der Waals surface area contributed by atoms with Gasteiger partial charge in [-0.3, -0.25) is 9.80 Å². The van der Waals surface area contributed by atoms with E-state index in [1.54, 1.807) is 0 Å². The van der Waals surface area contributed by atoms with Gasteiger partial charge in [-0.15, -0.1) is 0 Å². The second-order valence-electron chi connectivity index (χ2n) is 5.19. The van der Waals surface area contributed by atoms with Crippen molar-refractivity contribution in [3.05, 3.63) is 0 Å². The van der Waals surface area contributed by atoms with Gasteiger partial charge in [0.25, 0.3) is 0 Å². The van der Waals surface area contributed by atoms with E-state index >= 15 is 0 Å². The van der Waals surface area contributed by atoms with Crippen LogP contribution in [0.25, 0.3) is 0 Å². The van der Waals surface area contributed by atoms with Gasteiger partial charge >= 0.3 is 0 Å². The average Bonchev–Trinajstić information content (AvgIpc) is 2.30. The van der Waals surface area contributed by atoms with Crippen molar-refractivity contribution < 1.29 is 4.74 Å². The highest BCUT2D eigenvalue weighted by Gasteiger charge is 2.27. The van der Waals surface area contributed by atoms with Gasteiger partial charge in [0.2, 0.25) is 0 Å². The largest absolute Gasteiger partial charge is 0.380 e. The standard InChI is InChI=1S/C13H28N2O/c1-5-13(3,4)15-9-7-14(8-10-15)11-12-16-6-2/h5-12H2,1-4H3. The Labute approximate surface area is 101 Å². The lowest BCUT2D eigenvalue weighted by molar-refractivity contribution is 0.0349. The van der Waals surface area contributed by atoms with Crippen LogP contribution in [0.2, 0.25) is 0 Å². The number of piperazine rings is 1. The van der Waals surface area contributed by atoms with Crippen molar-refractivity contribution in [2.45, 2.75) is 39.7 Å². The lowest BCUT2D eigenvalue weighted by Crippen LogP contribution is -2.54. The molecule has 0 aromatic rings. The highest BCUT2D eigenvalue weighted by Crippen LogP contribution is 2.19. The van der Waals surface area contributed by atoms with Crippen LogP contribution in [0.4, 0.5) is 0 Å². The minimum atomic E-state index is 0.367. The van der Waals surface area contributed by atoms with Crippen LogP contribution in [-0.4, -0.2) is 61.3 Å². The van der Waals surface area contributed by atoms with Crippen molar-refractivity contribution in [1.82, 2.24) is 9.80 Å². The fraction of sp³-hybridized carbons (Fsp3) is 1.00. The van der Waals surface area contributed by atoms with Crippen molar-refractivity contribution in [3.63, 3.8) is 0 Å². The summed E-state index contributed by atoms with van der Waals surface area (Å²) in [4.78, 5) is 5.13. The molecule has 1 aliphatic heterocycles. The normalized spacial score (nSPS) is 20.2. The first kappa shape index (κ1) is 13.9. The van der Waals surface area contributed by atoms with E-state index < -0.39 is 0 Å². The molecular formula is C13H28N2O. The van der Waals surface area contributed by atoms with E-state index in [1.807, 2.05) is 0 Å². The maximum atomic E-state index is 5.40. The predicted molar refractivity (Wildman–Crippen MR) is 68.9 cm³/mol. The number of hydrogen-bond acceptors (Lipinski definition) is 3. The van der Waals surface area contributed by atoms with Gasteiger partial charge in [0.1, 0.15) is 0 Å². The Hall–Kier alpha value is -0.120. The van der Waals surface area contributed by atoms with Crippen LogP contribution < -0.4 is 0 Å². The predicted octanol–water partition coefficient (Wildman–Crippen LogP) is 1.83. The summed E-state index contributed by atoms with van der Waals surface area (Å²) < 4.78 is 5.40. The maximum absolute atomic E-state index is 5.40. The van der Waals surface area contributed by atoms with Crippen LogP contribution in [0.15, 0.2) is 0 Å².